The number of hydrogen-bond donors (Lipinski definition) is 2. The van der Waals surface area contributed by atoms with Crippen molar-refractivity contribution in [2.45, 2.75) is 6.42 Å². The van der Waals surface area contributed by atoms with Gasteiger partial charge in [-0.1, -0.05) is 0 Å². The minimum Gasteiger partial charge on any atom is -0.504 e. The van der Waals surface area contributed by atoms with Crippen LogP contribution in [0.4, 0.5) is 0 Å². The lowest BCUT2D eigenvalue weighted by Gasteiger charge is -2.23. The fourth-order valence-electron chi connectivity index (χ4n) is 2.50. The van der Waals surface area contributed by atoms with Crippen LogP contribution >= 0.6 is 0 Å². The van der Waals surface area contributed by atoms with Crippen LogP contribution in [0.5, 0.6) is 11.5 Å². The van der Waals surface area contributed by atoms with Crippen molar-refractivity contribution in [2.75, 3.05) is 6.61 Å². The Morgan fingerprint density at radius 3 is 2.59 bits per heavy atom. The lowest BCUT2D eigenvalue weighted by atomic mass is 9.76. The zero-order chi connectivity index (χ0) is 12.2. The number of hydrogen-bond acceptors (Lipinski definition) is 5. The Morgan fingerprint density at radius 1 is 1.12 bits per heavy atom. The number of benzene rings is 1. The summed E-state index contributed by atoms with van der Waals surface area (Å²) in [5.41, 5.74) is 0.963. The fraction of sp³-hybridized carbons (Fsp3) is 0.333. The van der Waals surface area contributed by atoms with E-state index in [0.717, 1.165) is 0 Å². The van der Waals surface area contributed by atoms with Crippen LogP contribution in [0.25, 0.3) is 0 Å². The minimum absolute atomic E-state index is 0.114. The Kier molecular flexibility index (Phi) is 1.92. The predicted octanol–water partition coefficient (Wildman–Crippen LogP) is 0.626. The van der Waals surface area contributed by atoms with Crippen molar-refractivity contribution in [1.29, 1.82) is 0 Å². The topological polar surface area (TPSA) is 83.8 Å². The van der Waals surface area contributed by atoms with Crippen LogP contribution < -0.4 is 0 Å². The molecule has 0 aromatic heterocycles. The number of ether oxygens (including phenoxy) is 1. The number of phenols is 2. The van der Waals surface area contributed by atoms with Crippen molar-refractivity contribution in [2.24, 2.45) is 11.8 Å². The van der Waals surface area contributed by atoms with Crippen LogP contribution in [-0.2, 0) is 16.0 Å². The fourth-order valence-corrected chi connectivity index (χ4v) is 2.50. The summed E-state index contributed by atoms with van der Waals surface area (Å²) in [5, 5.41) is 18.8. The highest BCUT2D eigenvalue weighted by Crippen LogP contribution is 2.39. The van der Waals surface area contributed by atoms with E-state index in [1.807, 2.05) is 0 Å². The smallest absolute Gasteiger partial charge is 0.310 e. The summed E-state index contributed by atoms with van der Waals surface area (Å²) in [6, 6.07) is 2.59. The van der Waals surface area contributed by atoms with Gasteiger partial charge in [-0.3, -0.25) is 9.59 Å². The highest BCUT2D eigenvalue weighted by Gasteiger charge is 2.45. The minimum atomic E-state index is -0.445. The van der Waals surface area contributed by atoms with Gasteiger partial charge in [0.05, 0.1) is 11.8 Å². The Hall–Kier alpha value is -2.04. The van der Waals surface area contributed by atoms with Crippen molar-refractivity contribution in [1.82, 2.24) is 0 Å². The van der Waals surface area contributed by atoms with Gasteiger partial charge < -0.3 is 14.9 Å². The first-order valence-corrected chi connectivity index (χ1v) is 5.33. The molecule has 0 unspecified atom stereocenters. The van der Waals surface area contributed by atoms with Crippen molar-refractivity contribution >= 4 is 11.8 Å². The SMILES string of the molecule is O=C1c2cc(O)c(O)cc2C[C@H]2C(=O)OC[C@H]12. The number of cyclic esters (lactones) is 1. The Bertz CT molecular complexity index is 534. The largest absolute Gasteiger partial charge is 0.504 e. The van der Waals surface area contributed by atoms with Crippen LogP contribution in [0, 0.1) is 11.8 Å². The molecule has 1 aromatic carbocycles. The molecule has 3 rings (SSSR count). The maximum absolute atomic E-state index is 12.1. The number of ketones is 1. The summed E-state index contributed by atoms with van der Waals surface area (Å²) in [4.78, 5) is 23.5. The first-order chi connectivity index (χ1) is 8.08. The molecule has 1 heterocycles. The molecule has 88 valence electrons. The second-order valence-corrected chi connectivity index (χ2v) is 4.41. The molecular formula is C12H10O5. The first-order valence-electron chi connectivity index (χ1n) is 5.33. The molecular weight excluding hydrogens is 224 g/mol. The second-order valence-electron chi connectivity index (χ2n) is 4.41. The molecule has 1 aromatic rings. The van der Waals surface area contributed by atoms with Gasteiger partial charge in [-0.05, 0) is 24.1 Å². The lowest BCUT2D eigenvalue weighted by Crippen LogP contribution is -2.31. The second kappa shape index (κ2) is 3.23. The van der Waals surface area contributed by atoms with Crippen molar-refractivity contribution in [3.8, 4) is 11.5 Å². The quantitative estimate of drug-likeness (QED) is 0.508. The van der Waals surface area contributed by atoms with Gasteiger partial charge in [0.1, 0.15) is 6.61 Å². The van der Waals surface area contributed by atoms with Crippen molar-refractivity contribution in [3.05, 3.63) is 23.3 Å². The number of carbonyl (C=O) groups excluding carboxylic acids is 2. The third kappa shape index (κ3) is 1.32. The van der Waals surface area contributed by atoms with Crippen LogP contribution in [0.2, 0.25) is 0 Å². The molecule has 0 radical (unpaired) electrons. The van der Waals surface area contributed by atoms with Crippen molar-refractivity contribution < 1.29 is 24.5 Å². The molecule has 17 heavy (non-hydrogen) atoms. The molecule has 1 aliphatic heterocycles. The standard InChI is InChI=1S/C12H10O5/c13-9-2-5-1-7-8(4-17-12(7)16)11(15)6(5)3-10(9)14/h2-3,7-8,13-14H,1,4H2/t7-,8+/m1/s1. The Morgan fingerprint density at radius 2 is 1.82 bits per heavy atom. The predicted molar refractivity (Wildman–Crippen MR) is 55.7 cm³/mol. The van der Waals surface area contributed by atoms with E-state index < -0.39 is 11.8 Å². The van der Waals surface area contributed by atoms with E-state index in [-0.39, 0.29) is 29.9 Å². The van der Waals surface area contributed by atoms with Gasteiger partial charge in [0.2, 0.25) is 0 Å². The van der Waals surface area contributed by atoms with Crippen LogP contribution in [0.15, 0.2) is 12.1 Å². The number of fused-ring (bicyclic) bond motifs is 2. The zero-order valence-electron chi connectivity index (χ0n) is 8.84. The molecule has 1 saturated heterocycles. The summed E-state index contributed by atoms with van der Waals surface area (Å²) in [6.07, 6.45) is 0.373. The van der Waals surface area contributed by atoms with Gasteiger partial charge in [0, 0.05) is 5.56 Å². The van der Waals surface area contributed by atoms with Gasteiger partial charge in [-0.15, -0.1) is 0 Å². The number of esters is 1. The van der Waals surface area contributed by atoms with Crippen LogP contribution in [0.3, 0.4) is 0 Å². The van der Waals surface area contributed by atoms with E-state index >= 15 is 0 Å². The van der Waals surface area contributed by atoms with E-state index in [9.17, 15) is 19.8 Å². The van der Waals surface area contributed by atoms with Gasteiger partial charge >= 0.3 is 5.97 Å². The monoisotopic (exact) mass is 234 g/mol. The van der Waals surface area contributed by atoms with E-state index in [1.165, 1.54) is 12.1 Å². The molecule has 2 atom stereocenters. The highest BCUT2D eigenvalue weighted by atomic mass is 16.5. The maximum Gasteiger partial charge on any atom is 0.310 e. The molecule has 0 bridgehead atoms. The number of rotatable bonds is 0. The first kappa shape index (κ1) is 10.1. The molecule has 0 amide bonds. The number of aromatic hydroxyl groups is 2. The Balaban J connectivity index is 2.12. The number of carbonyl (C=O) groups is 2. The number of Topliss-reactive ketones (excluding diaryl/α,β-unsaturated/α-hetero) is 1. The normalized spacial score (nSPS) is 26.4. The molecule has 0 saturated carbocycles. The molecule has 2 N–H and O–H groups in total. The summed E-state index contributed by atoms with van der Waals surface area (Å²) < 4.78 is 4.88. The molecule has 2 aliphatic rings. The van der Waals surface area contributed by atoms with Crippen LogP contribution in [-0.4, -0.2) is 28.6 Å². The average molecular weight is 234 g/mol. The molecule has 5 nitrogen and oxygen atoms in total. The van der Waals surface area contributed by atoms with Gasteiger partial charge in [-0.25, -0.2) is 0 Å². The summed E-state index contributed by atoms with van der Waals surface area (Å²) in [6.45, 7) is 0.114. The summed E-state index contributed by atoms with van der Waals surface area (Å²) >= 11 is 0. The third-order valence-electron chi connectivity index (χ3n) is 3.44. The maximum atomic E-state index is 12.1. The highest BCUT2D eigenvalue weighted by molar-refractivity contribution is 6.04. The zero-order valence-corrected chi connectivity index (χ0v) is 8.84. The van der Waals surface area contributed by atoms with E-state index in [4.69, 9.17) is 4.74 Å². The van der Waals surface area contributed by atoms with Gasteiger partial charge in [0.15, 0.2) is 17.3 Å². The molecule has 5 heteroatoms. The summed E-state index contributed by atoms with van der Waals surface area (Å²) in [5.74, 6) is -2.04. The molecule has 0 spiro atoms. The van der Waals surface area contributed by atoms with Crippen LogP contribution in [0.1, 0.15) is 15.9 Å². The lowest BCUT2D eigenvalue weighted by molar-refractivity contribution is -0.141. The third-order valence-corrected chi connectivity index (χ3v) is 3.44. The van der Waals surface area contributed by atoms with Crippen molar-refractivity contribution in [3.63, 3.8) is 0 Å². The van der Waals surface area contributed by atoms with E-state index in [2.05, 4.69) is 0 Å². The molecule has 1 fully saturated rings. The van der Waals surface area contributed by atoms with E-state index in [1.54, 1.807) is 0 Å². The van der Waals surface area contributed by atoms with E-state index in [0.29, 0.717) is 17.5 Å². The summed E-state index contributed by atoms with van der Waals surface area (Å²) in [7, 11) is 0. The Labute approximate surface area is 96.6 Å². The average Bonchev–Trinajstić information content (AvgIpc) is 2.65. The molecule has 1 aliphatic carbocycles. The van der Waals surface area contributed by atoms with Gasteiger partial charge in [0.25, 0.3) is 0 Å². The number of phenolic OH excluding ortho intramolecular Hbond substituents is 2. The van der Waals surface area contributed by atoms with Gasteiger partial charge in [-0.2, -0.15) is 0 Å².